The van der Waals surface area contributed by atoms with Gasteiger partial charge in [0, 0.05) is 5.54 Å². The molecule has 4 heteroatoms. The van der Waals surface area contributed by atoms with E-state index in [0.717, 1.165) is 5.92 Å². The van der Waals surface area contributed by atoms with E-state index in [1.54, 1.807) is 0 Å². The Kier molecular flexibility index (Phi) is 2.34. The van der Waals surface area contributed by atoms with Crippen molar-refractivity contribution in [1.82, 2.24) is 10.7 Å². The van der Waals surface area contributed by atoms with E-state index in [0.29, 0.717) is 5.11 Å². The van der Waals surface area contributed by atoms with E-state index in [2.05, 4.69) is 24.6 Å². The maximum absolute atomic E-state index is 5.15. The molecule has 0 heterocycles. The summed E-state index contributed by atoms with van der Waals surface area (Å²) in [5.74, 6) is 5.90. The van der Waals surface area contributed by atoms with Gasteiger partial charge in [-0.1, -0.05) is 0 Å². The van der Waals surface area contributed by atoms with E-state index in [1.807, 2.05) is 0 Å². The number of thiocarbonyl (C=S) groups is 1. The van der Waals surface area contributed by atoms with Crippen LogP contribution in [0.1, 0.15) is 26.7 Å². The Bertz CT molecular complexity index is 163. The second-order valence-corrected chi connectivity index (χ2v) is 4.00. The van der Waals surface area contributed by atoms with Crippen LogP contribution in [0.4, 0.5) is 0 Å². The van der Waals surface area contributed by atoms with Gasteiger partial charge in [-0.3, -0.25) is 0 Å². The Labute approximate surface area is 72.7 Å². The normalized spacial score (nSPS) is 17.7. The first-order valence-electron chi connectivity index (χ1n) is 3.85. The number of hydrogen-bond acceptors (Lipinski definition) is 2. The van der Waals surface area contributed by atoms with Crippen molar-refractivity contribution in [1.29, 1.82) is 0 Å². The minimum Gasteiger partial charge on any atom is -0.357 e. The van der Waals surface area contributed by atoms with Gasteiger partial charge in [0.2, 0.25) is 0 Å². The minimum atomic E-state index is 0.101. The molecule has 0 aromatic carbocycles. The fourth-order valence-corrected chi connectivity index (χ4v) is 1.50. The monoisotopic (exact) mass is 173 g/mol. The fraction of sp³-hybridized carbons (Fsp3) is 0.857. The van der Waals surface area contributed by atoms with Gasteiger partial charge in [0.05, 0.1) is 0 Å². The number of hydrazine groups is 1. The third kappa shape index (κ3) is 2.31. The lowest BCUT2D eigenvalue weighted by Crippen LogP contribution is -2.51. The maximum Gasteiger partial charge on any atom is 0.181 e. The molecule has 0 bridgehead atoms. The molecule has 11 heavy (non-hydrogen) atoms. The molecule has 64 valence electrons. The largest absolute Gasteiger partial charge is 0.357 e. The summed E-state index contributed by atoms with van der Waals surface area (Å²) in [6.45, 7) is 4.29. The van der Waals surface area contributed by atoms with E-state index in [-0.39, 0.29) is 5.54 Å². The molecule has 1 aliphatic rings. The predicted molar refractivity (Wildman–Crippen MR) is 49.9 cm³/mol. The number of hydrogen-bond donors (Lipinski definition) is 3. The highest BCUT2D eigenvalue weighted by Gasteiger charge is 2.37. The summed E-state index contributed by atoms with van der Waals surface area (Å²) in [7, 11) is 0. The average Bonchev–Trinajstić information content (AvgIpc) is 2.66. The van der Waals surface area contributed by atoms with Gasteiger partial charge in [0.15, 0.2) is 5.11 Å². The van der Waals surface area contributed by atoms with Crippen LogP contribution in [0.2, 0.25) is 0 Å². The molecule has 1 aliphatic carbocycles. The number of nitrogens with two attached hydrogens (primary N) is 1. The Balaban J connectivity index is 2.38. The molecule has 3 nitrogen and oxygen atoms in total. The zero-order chi connectivity index (χ0) is 8.48. The smallest absolute Gasteiger partial charge is 0.181 e. The van der Waals surface area contributed by atoms with Crippen LogP contribution in [0.5, 0.6) is 0 Å². The second kappa shape index (κ2) is 2.95. The molecule has 0 aromatic heterocycles. The quantitative estimate of drug-likeness (QED) is 0.323. The van der Waals surface area contributed by atoms with Crippen molar-refractivity contribution in [3.63, 3.8) is 0 Å². The summed E-state index contributed by atoms with van der Waals surface area (Å²) in [5.41, 5.74) is 2.52. The fourth-order valence-electron chi connectivity index (χ4n) is 1.24. The van der Waals surface area contributed by atoms with Crippen molar-refractivity contribution in [3.05, 3.63) is 0 Å². The lowest BCUT2D eigenvalue weighted by Gasteiger charge is -2.27. The standard InChI is InChI=1S/C7H15N3S/c1-7(2,5-3-4-5)9-6(11)10-8/h5H,3-4,8H2,1-2H3,(H2,9,10,11). The highest BCUT2D eigenvalue weighted by Crippen LogP contribution is 2.38. The Morgan fingerprint density at radius 2 is 2.09 bits per heavy atom. The topological polar surface area (TPSA) is 50.1 Å². The van der Waals surface area contributed by atoms with E-state index in [4.69, 9.17) is 18.1 Å². The van der Waals surface area contributed by atoms with E-state index < -0.39 is 0 Å². The van der Waals surface area contributed by atoms with Gasteiger partial charge in [-0.15, -0.1) is 0 Å². The second-order valence-electron chi connectivity index (χ2n) is 3.59. The molecule has 0 aliphatic heterocycles. The summed E-state index contributed by atoms with van der Waals surface area (Å²) in [6, 6.07) is 0. The summed E-state index contributed by atoms with van der Waals surface area (Å²) < 4.78 is 0. The molecule has 0 unspecified atom stereocenters. The molecular weight excluding hydrogens is 158 g/mol. The van der Waals surface area contributed by atoms with E-state index >= 15 is 0 Å². The molecule has 1 rings (SSSR count). The van der Waals surface area contributed by atoms with Gasteiger partial charge in [0.25, 0.3) is 0 Å². The van der Waals surface area contributed by atoms with Gasteiger partial charge in [-0.05, 0) is 44.8 Å². The molecule has 4 N–H and O–H groups in total. The molecular formula is C7H15N3S. The molecule has 0 radical (unpaired) electrons. The lowest BCUT2D eigenvalue weighted by molar-refractivity contribution is 0.400. The summed E-state index contributed by atoms with van der Waals surface area (Å²) in [6.07, 6.45) is 2.60. The first kappa shape index (κ1) is 8.74. The van der Waals surface area contributed by atoms with Crippen LogP contribution >= 0.6 is 12.2 Å². The summed E-state index contributed by atoms with van der Waals surface area (Å²) in [5, 5.41) is 3.69. The van der Waals surface area contributed by atoms with Crippen LogP contribution in [0, 0.1) is 5.92 Å². The molecule has 1 saturated carbocycles. The molecule has 0 atom stereocenters. The Morgan fingerprint density at radius 3 is 2.45 bits per heavy atom. The molecule has 0 aromatic rings. The zero-order valence-corrected chi connectivity index (χ0v) is 7.79. The van der Waals surface area contributed by atoms with Crippen LogP contribution in [0.3, 0.4) is 0 Å². The third-order valence-electron chi connectivity index (χ3n) is 2.16. The van der Waals surface area contributed by atoms with Gasteiger partial charge < -0.3 is 10.7 Å². The van der Waals surface area contributed by atoms with Crippen molar-refractivity contribution < 1.29 is 0 Å². The third-order valence-corrected chi connectivity index (χ3v) is 2.38. The van der Waals surface area contributed by atoms with Crippen molar-refractivity contribution in [2.24, 2.45) is 11.8 Å². The summed E-state index contributed by atoms with van der Waals surface area (Å²) >= 11 is 4.90. The Hall–Kier alpha value is -0.350. The highest BCUT2D eigenvalue weighted by atomic mass is 32.1. The molecule has 0 spiro atoms. The lowest BCUT2D eigenvalue weighted by atomic mass is 9.99. The van der Waals surface area contributed by atoms with Crippen LogP contribution in [-0.2, 0) is 0 Å². The number of rotatable bonds is 2. The first-order chi connectivity index (χ1) is 5.06. The van der Waals surface area contributed by atoms with Crippen molar-refractivity contribution in [2.45, 2.75) is 32.2 Å². The van der Waals surface area contributed by atoms with Crippen molar-refractivity contribution in [2.75, 3.05) is 0 Å². The zero-order valence-electron chi connectivity index (χ0n) is 6.98. The van der Waals surface area contributed by atoms with Gasteiger partial charge in [-0.25, -0.2) is 5.84 Å². The molecule has 0 saturated heterocycles. The average molecular weight is 173 g/mol. The summed E-state index contributed by atoms with van der Waals surface area (Å²) in [4.78, 5) is 0. The van der Waals surface area contributed by atoms with Gasteiger partial charge in [-0.2, -0.15) is 0 Å². The first-order valence-corrected chi connectivity index (χ1v) is 4.26. The van der Waals surface area contributed by atoms with Gasteiger partial charge >= 0.3 is 0 Å². The van der Waals surface area contributed by atoms with Crippen LogP contribution in [0.15, 0.2) is 0 Å². The number of nitrogens with one attached hydrogen (secondary N) is 2. The van der Waals surface area contributed by atoms with E-state index in [9.17, 15) is 0 Å². The van der Waals surface area contributed by atoms with E-state index in [1.165, 1.54) is 12.8 Å². The van der Waals surface area contributed by atoms with Crippen LogP contribution in [0.25, 0.3) is 0 Å². The molecule has 1 fully saturated rings. The minimum absolute atomic E-state index is 0.101. The van der Waals surface area contributed by atoms with Crippen molar-refractivity contribution in [3.8, 4) is 0 Å². The van der Waals surface area contributed by atoms with Gasteiger partial charge in [0.1, 0.15) is 0 Å². The molecule has 0 amide bonds. The van der Waals surface area contributed by atoms with Crippen LogP contribution in [-0.4, -0.2) is 10.7 Å². The van der Waals surface area contributed by atoms with Crippen molar-refractivity contribution >= 4 is 17.3 Å². The highest BCUT2D eigenvalue weighted by molar-refractivity contribution is 7.80. The Morgan fingerprint density at radius 1 is 1.55 bits per heavy atom. The van der Waals surface area contributed by atoms with Crippen LogP contribution < -0.4 is 16.6 Å². The maximum atomic E-state index is 5.15. The predicted octanol–water partition coefficient (Wildman–Crippen LogP) is 0.513. The SMILES string of the molecule is CC(C)(NC(=S)NN)C1CC1.